The van der Waals surface area contributed by atoms with Gasteiger partial charge >= 0.3 is 0 Å². The number of methoxy groups -OCH3 is 1. The first-order valence-electron chi connectivity index (χ1n) is 8.36. The molecular formula is C23H19NO. The highest BCUT2D eigenvalue weighted by molar-refractivity contribution is 6.10. The van der Waals surface area contributed by atoms with E-state index in [9.17, 15) is 0 Å². The third-order valence-corrected chi connectivity index (χ3v) is 4.53. The summed E-state index contributed by atoms with van der Waals surface area (Å²) in [7, 11) is 1.67. The Labute approximate surface area is 147 Å². The molecule has 0 saturated heterocycles. The number of hydrogen-bond donors (Lipinski definition) is 0. The largest absolute Gasteiger partial charge is 0.497 e. The molecule has 0 spiro atoms. The Bertz CT molecular complexity index is 1080. The zero-order chi connectivity index (χ0) is 17.2. The molecule has 4 rings (SSSR count). The number of rotatable bonds is 3. The maximum atomic E-state index is 5.19. The molecular weight excluding hydrogens is 306 g/mol. The normalized spacial score (nSPS) is 11.8. The molecule has 122 valence electrons. The summed E-state index contributed by atoms with van der Waals surface area (Å²) in [6.07, 6.45) is 0. The topological polar surface area (TPSA) is 21.6 Å². The standard InChI is InChI=1S/C23H19NO/c1-16(24-20-10-12-21(25-2)13-11-20)18-9-14-23-19(15-18)8-7-17-5-3-4-6-22(17)23/h3-15H,1-2H3. The van der Waals surface area contributed by atoms with Crippen LogP contribution >= 0.6 is 0 Å². The van der Waals surface area contributed by atoms with E-state index in [0.29, 0.717) is 0 Å². The van der Waals surface area contributed by atoms with Crippen molar-refractivity contribution < 1.29 is 4.74 Å². The fraction of sp³-hybridized carbons (Fsp3) is 0.0870. The number of benzene rings is 4. The van der Waals surface area contributed by atoms with E-state index in [2.05, 4.69) is 54.6 Å². The molecule has 0 aromatic heterocycles. The van der Waals surface area contributed by atoms with Gasteiger partial charge in [-0.3, -0.25) is 4.99 Å². The summed E-state index contributed by atoms with van der Waals surface area (Å²) in [5.74, 6) is 0.842. The van der Waals surface area contributed by atoms with Gasteiger partial charge in [-0.25, -0.2) is 0 Å². The van der Waals surface area contributed by atoms with E-state index in [-0.39, 0.29) is 0 Å². The molecule has 0 amide bonds. The number of aliphatic imine (C=N–C) groups is 1. The van der Waals surface area contributed by atoms with Crippen LogP contribution in [-0.4, -0.2) is 12.8 Å². The summed E-state index contributed by atoms with van der Waals surface area (Å²) < 4.78 is 5.19. The van der Waals surface area contributed by atoms with Gasteiger partial charge in [-0.05, 0) is 64.4 Å². The Balaban J connectivity index is 1.75. The van der Waals surface area contributed by atoms with Crippen LogP contribution in [0.1, 0.15) is 12.5 Å². The molecule has 4 aromatic rings. The van der Waals surface area contributed by atoms with Gasteiger partial charge in [0.1, 0.15) is 5.75 Å². The highest BCUT2D eigenvalue weighted by atomic mass is 16.5. The summed E-state index contributed by atoms with van der Waals surface area (Å²) >= 11 is 0. The van der Waals surface area contributed by atoms with Gasteiger partial charge in [0.05, 0.1) is 12.8 Å². The Kier molecular flexibility index (Phi) is 3.95. The van der Waals surface area contributed by atoms with E-state index in [1.54, 1.807) is 7.11 Å². The molecule has 0 aliphatic rings. The van der Waals surface area contributed by atoms with Gasteiger partial charge in [-0.15, -0.1) is 0 Å². The van der Waals surface area contributed by atoms with Crippen LogP contribution in [0.5, 0.6) is 5.75 Å². The highest BCUT2D eigenvalue weighted by Crippen LogP contribution is 2.27. The fourth-order valence-corrected chi connectivity index (χ4v) is 3.15. The van der Waals surface area contributed by atoms with Crippen molar-refractivity contribution in [1.82, 2.24) is 0 Å². The van der Waals surface area contributed by atoms with E-state index in [1.165, 1.54) is 21.5 Å². The van der Waals surface area contributed by atoms with E-state index >= 15 is 0 Å². The fourth-order valence-electron chi connectivity index (χ4n) is 3.15. The van der Waals surface area contributed by atoms with Crippen molar-refractivity contribution in [3.05, 3.63) is 84.4 Å². The van der Waals surface area contributed by atoms with Crippen LogP contribution in [0.2, 0.25) is 0 Å². The molecule has 0 bridgehead atoms. The van der Waals surface area contributed by atoms with Crippen molar-refractivity contribution in [2.45, 2.75) is 6.92 Å². The summed E-state index contributed by atoms with van der Waals surface area (Å²) in [4.78, 5) is 4.73. The molecule has 0 aliphatic carbocycles. The van der Waals surface area contributed by atoms with Gasteiger partial charge in [0.2, 0.25) is 0 Å². The number of hydrogen-bond acceptors (Lipinski definition) is 2. The first-order chi connectivity index (χ1) is 12.2. The first kappa shape index (κ1) is 15.4. The Morgan fingerprint density at radius 2 is 1.48 bits per heavy atom. The predicted molar refractivity (Wildman–Crippen MR) is 106 cm³/mol. The maximum Gasteiger partial charge on any atom is 0.119 e. The minimum absolute atomic E-state index is 0.842. The third kappa shape index (κ3) is 2.99. The molecule has 0 unspecified atom stereocenters. The van der Waals surface area contributed by atoms with Gasteiger partial charge < -0.3 is 4.74 Å². The summed E-state index contributed by atoms with van der Waals surface area (Å²) in [5.41, 5.74) is 3.07. The van der Waals surface area contributed by atoms with Gasteiger partial charge in [0, 0.05) is 5.71 Å². The van der Waals surface area contributed by atoms with Crippen LogP contribution in [0.15, 0.2) is 83.9 Å². The molecule has 2 heteroatoms. The van der Waals surface area contributed by atoms with Crippen LogP contribution in [0, 0.1) is 0 Å². The molecule has 0 fully saturated rings. The monoisotopic (exact) mass is 325 g/mol. The van der Waals surface area contributed by atoms with Crippen molar-refractivity contribution in [2.24, 2.45) is 4.99 Å². The van der Waals surface area contributed by atoms with Crippen molar-refractivity contribution in [3.63, 3.8) is 0 Å². The predicted octanol–water partition coefficient (Wildman–Crippen LogP) is 6.14. The Hall–Kier alpha value is -3.13. The van der Waals surface area contributed by atoms with E-state index in [4.69, 9.17) is 9.73 Å². The van der Waals surface area contributed by atoms with Gasteiger partial charge in [0.25, 0.3) is 0 Å². The lowest BCUT2D eigenvalue weighted by Crippen LogP contribution is -1.94. The van der Waals surface area contributed by atoms with Gasteiger partial charge in [0.15, 0.2) is 0 Å². The molecule has 4 aromatic carbocycles. The van der Waals surface area contributed by atoms with Crippen molar-refractivity contribution >= 4 is 32.9 Å². The summed E-state index contributed by atoms with van der Waals surface area (Å²) in [5, 5.41) is 5.07. The average molecular weight is 325 g/mol. The second-order valence-corrected chi connectivity index (χ2v) is 6.12. The third-order valence-electron chi connectivity index (χ3n) is 4.53. The van der Waals surface area contributed by atoms with Crippen LogP contribution in [0.3, 0.4) is 0 Å². The quantitative estimate of drug-likeness (QED) is 0.327. The molecule has 0 aliphatic heterocycles. The highest BCUT2D eigenvalue weighted by Gasteiger charge is 2.04. The molecule has 0 radical (unpaired) electrons. The van der Waals surface area contributed by atoms with Crippen molar-refractivity contribution in [2.75, 3.05) is 7.11 Å². The minimum atomic E-state index is 0.842. The minimum Gasteiger partial charge on any atom is -0.497 e. The van der Waals surface area contributed by atoms with Crippen molar-refractivity contribution in [3.8, 4) is 5.75 Å². The molecule has 0 heterocycles. The van der Waals surface area contributed by atoms with Crippen molar-refractivity contribution in [1.29, 1.82) is 0 Å². The number of fused-ring (bicyclic) bond motifs is 3. The van der Waals surface area contributed by atoms with E-state index in [0.717, 1.165) is 22.7 Å². The number of nitrogens with zero attached hydrogens (tertiary/aromatic N) is 1. The zero-order valence-corrected chi connectivity index (χ0v) is 14.4. The van der Waals surface area contributed by atoms with Crippen LogP contribution in [-0.2, 0) is 0 Å². The zero-order valence-electron chi connectivity index (χ0n) is 14.4. The van der Waals surface area contributed by atoms with E-state index in [1.807, 2.05) is 31.2 Å². The smallest absolute Gasteiger partial charge is 0.119 e. The van der Waals surface area contributed by atoms with Crippen LogP contribution < -0.4 is 4.74 Å². The second kappa shape index (κ2) is 6.40. The molecule has 2 nitrogen and oxygen atoms in total. The van der Waals surface area contributed by atoms with Gasteiger partial charge in [-0.1, -0.05) is 48.5 Å². The lowest BCUT2D eigenvalue weighted by atomic mass is 9.99. The molecule has 0 N–H and O–H groups in total. The van der Waals surface area contributed by atoms with Crippen LogP contribution in [0.4, 0.5) is 5.69 Å². The SMILES string of the molecule is COc1ccc(N=C(C)c2ccc3c(ccc4ccccc43)c2)cc1. The van der Waals surface area contributed by atoms with E-state index < -0.39 is 0 Å². The van der Waals surface area contributed by atoms with Gasteiger partial charge in [-0.2, -0.15) is 0 Å². The summed E-state index contributed by atoms with van der Waals surface area (Å²) in [6.45, 7) is 2.05. The number of ether oxygens (including phenoxy) is 1. The Morgan fingerprint density at radius 3 is 2.28 bits per heavy atom. The maximum absolute atomic E-state index is 5.19. The van der Waals surface area contributed by atoms with Crippen LogP contribution in [0.25, 0.3) is 21.5 Å². The first-order valence-corrected chi connectivity index (χ1v) is 8.36. The average Bonchev–Trinajstić information content (AvgIpc) is 2.68. The molecule has 25 heavy (non-hydrogen) atoms. The molecule has 0 saturated carbocycles. The lowest BCUT2D eigenvalue weighted by molar-refractivity contribution is 0.415. The Morgan fingerprint density at radius 1 is 0.760 bits per heavy atom. The summed E-state index contributed by atoms with van der Waals surface area (Å²) in [6, 6.07) is 27.2. The molecule has 0 atom stereocenters. The lowest BCUT2D eigenvalue weighted by Gasteiger charge is -2.07. The second-order valence-electron chi connectivity index (χ2n) is 6.12.